The molecule has 0 amide bonds. The van der Waals surface area contributed by atoms with Gasteiger partial charge in [0.25, 0.3) is 0 Å². The monoisotopic (exact) mass is 230 g/mol. The van der Waals surface area contributed by atoms with E-state index in [1.165, 1.54) is 14.2 Å². The fourth-order valence-corrected chi connectivity index (χ4v) is 1.46. The Bertz CT molecular complexity index is 391. The molecule has 0 unspecified atom stereocenters. The quantitative estimate of drug-likeness (QED) is 0.727. The van der Waals surface area contributed by atoms with Gasteiger partial charge in [-0.05, 0) is 6.42 Å². The third-order valence-electron chi connectivity index (χ3n) is 2.16. The van der Waals surface area contributed by atoms with E-state index in [1.807, 2.05) is 0 Å². The van der Waals surface area contributed by atoms with E-state index in [1.54, 1.807) is 0 Å². The fourth-order valence-electron chi connectivity index (χ4n) is 1.46. The third kappa shape index (κ3) is 2.29. The van der Waals surface area contributed by atoms with Crippen molar-refractivity contribution in [1.29, 1.82) is 0 Å². The van der Waals surface area contributed by atoms with Crippen LogP contribution < -0.4 is 9.47 Å². The summed E-state index contributed by atoms with van der Waals surface area (Å²) in [5.41, 5.74) is 0.146. The second-order valence-corrected chi connectivity index (χ2v) is 3.09. The molecule has 0 N–H and O–H groups in total. The zero-order chi connectivity index (χ0) is 12.1. The lowest BCUT2D eigenvalue weighted by Gasteiger charge is -2.13. The van der Waals surface area contributed by atoms with Crippen molar-refractivity contribution in [3.63, 3.8) is 0 Å². The number of hydrogen-bond donors (Lipinski definition) is 0. The summed E-state index contributed by atoms with van der Waals surface area (Å²) in [6.45, 7) is 0. The van der Waals surface area contributed by atoms with Crippen LogP contribution in [0.25, 0.3) is 0 Å². The molecule has 88 valence electrons. The molecule has 0 heterocycles. The van der Waals surface area contributed by atoms with Gasteiger partial charge in [-0.15, -0.1) is 0 Å². The molecule has 5 heteroatoms. The maximum absolute atomic E-state index is 13.4. The Balaban J connectivity index is 3.27. The predicted octanol–water partition coefficient (Wildman–Crippen LogP) is 2.11. The van der Waals surface area contributed by atoms with E-state index < -0.39 is 11.6 Å². The van der Waals surface area contributed by atoms with E-state index >= 15 is 0 Å². The average Bonchev–Trinajstić information content (AvgIpc) is 2.27. The Morgan fingerprint density at radius 2 is 1.81 bits per heavy atom. The summed E-state index contributed by atoms with van der Waals surface area (Å²) in [6.07, 6.45) is 0.950. The number of carbonyl (C=O) groups excluding carboxylic acids is 1. The number of carbonyl (C=O) groups is 1. The first kappa shape index (κ1) is 12.4. The molecule has 0 bridgehead atoms. The molecule has 3 nitrogen and oxygen atoms in total. The minimum Gasteiger partial charge on any atom is -0.492 e. The summed E-state index contributed by atoms with van der Waals surface area (Å²) in [5, 5.41) is 0. The smallest absolute Gasteiger partial charge is 0.197 e. The van der Waals surface area contributed by atoms with E-state index in [9.17, 15) is 13.6 Å². The van der Waals surface area contributed by atoms with Crippen molar-refractivity contribution in [3.05, 3.63) is 23.3 Å². The number of ether oxygens (including phenoxy) is 2. The summed E-state index contributed by atoms with van der Waals surface area (Å²) >= 11 is 0. The van der Waals surface area contributed by atoms with Gasteiger partial charge in [0, 0.05) is 18.1 Å². The topological polar surface area (TPSA) is 35.5 Å². The van der Waals surface area contributed by atoms with E-state index in [2.05, 4.69) is 0 Å². The van der Waals surface area contributed by atoms with Crippen molar-refractivity contribution in [1.82, 2.24) is 0 Å². The molecule has 0 spiro atoms. The zero-order valence-electron chi connectivity index (χ0n) is 9.05. The van der Waals surface area contributed by atoms with Gasteiger partial charge >= 0.3 is 0 Å². The van der Waals surface area contributed by atoms with Crippen LogP contribution in [0, 0.1) is 11.6 Å². The van der Waals surface area contributed by atoms with Crippen LogP contribution in [-0.2, 0) is 11.2 Å². The highest BCUT2D eigenvalue weighted by Crippen LogP contribution is 2.36. The van der Waals surface area contributed by atoms with Gasteiger partial charge in [-0.3, -0.25) is 0 Å². The Hall–Kier alpha value is -1.65. The van der Waals surface area contributed by atoms with Crippen molar-refractivity contribution in [3.8, 4) is 11.5 Å². The molecule has 0 aromatic heterocycles. The first-order valence-electron chi connectivity index (χ1n) is 4.68. The van der Waals surface area contributed by atoms with Gasteiger partial charge in [0.1, 0.15) is 12.1 Å². The molecule has 0 radical (unpaired) electrons. The maximum atomic E-state index is 13.4. The largest absolute Gasteiger partial charge is 0.492 e. The molecule has 0 saturated heterocycles. The predicted molar refractivity (Wildman–Crippen MR) is 53.8 cm³/mol. The highest BCUT2D eigenvalue weighted by molar-refractivity contribution is 5.53. The van der Waals surface area contributed by atoms with E-state index in [0.717, 1.165) is 6.07 Å². The number of methoxy groups -OCH3 is 2. The summed E-state index contributed by atoms with van der Waals surface area (Å²) < 4.78 is 36.4. The van der Waals surface area contributed by atoms with Crippen LogP contribution in [0.2, 0.25) is 0 Å². The molecular weight excluding hydrogens is 218 g/mol. The lowest BCUT2D eigenvalue weighted by molar-refractivity contribution is -0.107. The average molecular weight is 230 g/mol. The van der Waals surface area contributed by atoms with Gasteiger partial charge in [0.05, 0.1) is 14.2 Å². The molecule has 1 rings (SSSR count). The Kier molecular flexibility index (Phi) is 4.22. The minimum atomic E-state index is -0.827. The standard InChI is InChI=1S/C11H12F2O3/c1-15-10-7(4-3-5-14)8(12)6-9(13)11(10)16-2/h5-6H,3-4H2,1-2H3. The first-order valence-corrected chi connectivity index (χ1v) is 4.68. The highest BCUT2D eigenvalue weighted by atomic mass is 19.1. The van der Waals surface area contributed by atoms with Crippen LogP contribution in [0.4, 0.5) is 8.78 Å². The fraction of sp³-hybridized carbons (Fsp3) is 0.364. The molecular formula is C11H12F2O3. The lowest BCUT2D eigenvalue weighted by Crippen LogP contribution is -2.02. The maximum Gasteiger partial charge on any atom is 0.197 e. The van der Waals surface area contributed by atoms with Crippen molar-refractivity contribution >= 4 is 6.29 Å². The number of benzene rings is 1. The third-order valence-corrected chi connectivity index (χ3v) is 2.16. The molecule has 1 aromatic carbocycles. The van der Waals surface area contributed by atoms with Crippen molar-refractivity contribution in [2.24, 2.45) is 0 Å². The minimum absolute atomic E-state index is 0.00171. The number of halogens is 2. The van der Waals surface area contributed by atoms with Gasteiger partial charge in [-0.1, -0.05) is 0 Å². The second-order valence-electron chi connectivity index (χ2n) is 3.09. The summed E-state index contributed by atoms with van der Waals surface area (Å²) in [6, 6.07) is 0.724. The molecule has 0 atom stereocenters. The number of aldehydes is 1. The van der Waals surface area contributed by atoms with Crippen molar-refractivity contribution in [2.75, 3.05) is 14.2 Å². The van der Waals surface area contributed by atoms with Crippen LogP contribution in [0.1, 0.15) is 12.0 Å². The van der Waals surface area contributed by atoms with Crippen LogP contribution in [0.3, 0.4) is 0 Å². The lowest BCUT2D eigenvalue weighted by atomic mass is 10.1. The summed E-state index contributed by atoms with van der Waals surface area (Å²) in [7, 11) is 2.56. The Morgan fingerprint density at radius 3 is 2.31 bits per heavy atom. The molecule has 0 aliphatic carbocycles. The van der Waals surface area contributed by atoms with E-state index in [-0.39, 0.29) is 29.9 Å². The molecule has 16 heavy (non-hydrogen) atoms. The zero-order valence-corrected chi connectivity index (χ0v) is 9.05. The normalized spacial score (nSPS) is 10.0. The van der Waals surface area contributed by atoms with Gasteiger partial charge < -0.3 is 14.3 Å². The van der Waals surface area contributed by atoms with Crippen LogP contribution >= 0.6 is 0 Å². The summed E-state index contributed by atoms with van der Waals surface area (Å²) in [4.78, 5) is 10.2. The molecule has 0 aliphatic heterocycles. The molecule has 0 fully saturated rings. The highest BCUT2D eigenvalue weighted by Gasteiger charge is 2.19. The van der Waals surface area contributed by atoms with Gasteiger partial charge in [-0.25, -0.2) is 8.78 Å². The first-order chi connectivity index (χ1) is 7.65. The van der Waals surface area contributed by atoms with Crippen LogP contribution in [-0.4, -0.2) is 20.5 Å². The van der Waals surface area contributed by atoms with Gasteiger partial charge in [0.2, 0.25) is 0 Å². The van der Waals surface area contributed by atoms with Crippen molar-refractivity contribution in [2.45, 2.75) is 12.8 Å². The van der Waals surface area contributed by atoms with Crippen molar-refractivity contribution < 1.29 is 23.0 Å². The Labute approximate surface area is 92.0 Å². The van der Waals surface area contributed by atoms with Crippen LogP contribution in [0.5, 0.6) is 11.5 Å². The molecule has 0 saturated carbocycles. The van der Waals surface area contributed by atoms with Gasteiger partial charge in [-0.2, -0.15) is 0 Å². The molecule has 1 aromatic rings. The number of rotatable bonds is 5. The van der Waals surface area contributed by atoms with E-state index in [4.69, 9.17) is 9.47 Å². The second kappa shape index (κ2) is 5.44. The van der Waals surface area contributed by atoms with Gasteiger partial charge in [0.15, 0.2) is 17.3 Å². The number of hydrogen-bond acceptors (Lipinski definition) is 3. The van der Waals surface area contributed by atoms with Crippen LogP contribution in [0.15, 0.2) is 6.07 Å². The van der Waals surface area contributed by atoms with E-state index in [0.29, 0.717) is 6.29 Å². The Morgan fingerprint density at radius 1 is 1.19 bits per heavy atom. The SMILES string of the molecule is COc1c(F)cc(F)c(CCC=O)c1OC. The summed E-state index contributed by atoms with van der Waals surface area (Å²) in [5.74, 6) is -1.71. The molecule has 0 aliphatic rings.